The number of methoxy groups -OCH3 is 1. The summed E-state index contributed by atoms with van der Waals surface area (Å²) in [5.41, 5.74) is 1.17. The van der Waals surface area contributed by atoms with Crippen molar-refractivity contribution in [3.8, 4) is 5.75 Å². The van der Waals surface area contributed by atoms with Gasteiger partial charge in [0, 0.05) is 70.3 Å². The van der Waals surface area contributed by atoms with Crippen LogP contribution in [0.3, 0.4) is 0 Å². The number of hydrogen-bond donors (Lipinski definition) is 0. The van der Waals surface area contributed by atoms with Gasteiger partial charge < -0.3 is 9.47 Å². The minimum Gasteiger partial charge on any atom is -0.496 e. The first-order valence-electron chi connectivity index (χ1n) is 9.04. The van der Waals surface area contributed by atoms with Gasteiger partial charge in [-0.15, -0.1) is 0 Å². The normalized spacial score (nSPS) is 24.2. The molecule has 0 amide bonds. The van der Waals surface area contributed by atoms with E-state index in [-0.39, 0.29) is 0 Å². The molecule has 1 atom stereocenters. The summed E-state index contributed by atoms with van der Waals surface area (Å²) in [6.07, 6.45) is 4.06. The molecule has 0 spiro atoms. The van der Waals surface area contributed by atoms with E-state index in [9.17, 15) is 0 Å². The molecule has 6 heteroatoms. The van der Waals surface area contributed by atoms with Crippen LogP contribution in [0.5, 0.6) is 5.75 Å². The van der Waals surface area contributed by atoms with Gasteiger partial charge in [-0.2, -0.15) is 0 Å². The zero-order chi connectivity index (χ0) is 16.8. The number of hydrogen-bond acceptors (Lipinski definition) is 6. The first-order valence-corrected chi connectivity index (χ1v) is 9.04. The number of ether oxygens (including phenoxy) is 2. The average Bonchev–Trinajstić information content (AvgIpc) is 2.64. The van der Waals surface area contributed by atoms with Crippen molar-refractivity contribution < 1.29 is 9.47 Å². The van der Waals surface area contributed by atoms with Crippen LogP contribution in [-0.2, 0) is 11.3 Å². The van der Waals surface area contributed by atoms with Crippen molar-refractivity contribution >= 4 is 0 Å². The number of rotatable bonds is 6. The van der Waals surface area contributed by atoms with Crippen LogP contribution in [0.1, 0.15) is 12.5 Å². The Labute approximate surface area is 145 Å². The highest BCUT2D eigenvalue weighted by Crippen LogP contribution is 2.19. The SMILES string of the molecule is CCN1CCOC(CN2CCN(Cc3cnccc3OC)CC2)C1. The van der Waals surface area contributed by atoms with Crippen LogP contribution in [0.25, 0.3) is 0 Å². The smallest absolute Gasteiger partial charge is 0.126 e. The van der Waals surface area contributed by atoms with Crippen LogP contribution in [0.4, 0.5) is 0 Å². The molecule has 0 bridgehead atoms. The molecular weight excluding hydrogens is 304 g/mol. The lowest BCUT2D eigenvalue weighted by Crippen LogP contribution is -2.52. The fraction of sp³-hybridized carbons (Fsp3) is 0.722. The van der Waals surface area contributed by atoms with Gasteiger partial charge in [0.05, 0.1) is 19.8 Å². The van der Waals surface area contributed by atoms with E-state index in [0.29, 0.717) is 6.10 Å². The third kappa shape index (κ3) is 4.66. The first kappa shape index (κ1) is 17.6. The number of morpholine rings is 1. The summed E-state index contributed by atoms with van der Waals surface area (Å²) < 4.78 is 11.4. The second-order valence-electron chi connectivity index (χ2n) is 6.65. The van der Waals surface area contributed by atoms with Crippen molar-refractivity contribution in [2.45, 2.75) is 19.6 Å². The van der Waals surface area contributed by atoms with Gasteiger partial charge in [-0.25, -0.2) is 0 Å². The molecule has 3 rings (SSSR count). The third-order valence-corrected chi connectivity index (χ3v) is 5.07. The van der Waals surface area contributed by atoms with Crippen molar-refractivity contribution in [2.75, 3.05) is 66.1 Å². The molecule has 6 nitrogen and oxygen atoms in total. The number of nitrogens with zero attached hydrogens (tertiary/aromatic N) is 4. The number of pyridine rings is 1. The van der Waals surface area contributed by atoms with Gasteiger partial charge in [0.25, 0.3) is 0 Å². The maximum atomic E-state index is 5.94. The molecule has 2 fully saturated rings. The number of aromatic nitrogens is 1. The Morgan fingerprint density at radius 2 is 1.96 bits per heavy atom. The molecule has 0 saturated carbocycles. The standard InChI is InChI=1S/C18H30N4O2/c1-3-20-10-11-24-17(14-20)15-22-8-6-21(7-9-22)13-16-12-19-5-4-18(16)23-2/h4-5,12,17H,3,6-11,13-15H2,1-2H3. The molecule has 2 aliphatic heterocycles. The molecule has 0 aliphatic carbocycles. The van der Waals surface area contributed by atoms with Gasteiger partial charge in [-0.05, 0) is 12.6 Å². The minimum absolute atomic E-state index is 0.365. The summed E-state index contributed by atoms with van der Waals surface area (Å²) in [5, 5.41) is 0. The largest absolute Gasteiger partial charge is 0.496 e. The van der Waals surface area contributed by atoms with E-state index < -0.39 is 0 Å². The molecule has 2 saturated heterocycles. The molecule has 0 aromatic carbocycles. The Morgan fingerprint density at radius 1 is 1.17 bits per heavy atom. The number of piperazine rings is 1. The summed E-state index contributed by atoms with van der Waals surface area (Å²) in [7, 11) is 1.72. The average molecular weight is 334 g/mol. The lowest BCUT2D eigenvalue weighted by Gasteiger charge is -2.39. The lowest BCUT2D eigenvalue weighted by atomic mass is 10.2. The van der Waals surface area contributed by atoms with E-state index in [1.165, 1.54) is 5.56 Å². The molecule has 0 radical (unpaired) electrons. The second kappa shape index (κ2) is 8.76. The van der Waals surface area contributed by atoms with Gasteiger partial charge in [-0.1, -0.05) is 6.92 Å². The fourth-order valence-corrected chi connectivity index (χ4v) is 3.57. The Kier molecular flexibility index (Phi) is 6.43. The van der Waals surface area contributed by atoms with Crippen LogP contribution in [-0.4, -0.2) is 91.9 Å². The zero-order valence-corrected chi connectivity index (χ0v) is 15.0. The molecule has 134 valence electrons. The molecule has 3 heterocycles. The maximum Gasteiger partial charge on any atom is 0.126 e. The predicted octanol–water partition coefficient (Wildman–Crippen LogP) is 0.929. The highest BCUT2D eigenvalue weighted by molar-refractivity contribution is 5.29. The summed E-state index contributed by atoms with van der Waals surface area (Å²) in [4.78, 5) is 11.7. The zero-order valence-electron chi connectivity index (χ0n) is 15.0. The summed E-state index contributed by atoms with van der Waals surface area (Å²) >= 11 is 0. The lowest BCUT2D eigenvalue weighted by molar-refractivity contribution is -0.0470. The predicted molar refractivity (Wildman–Crippen MR) is 94.4 cm³/mol. The maximum absolute atomic E-state index is 5.94. The summed E-state index contributed by atoms with van der Waals surface area (Å²) in [6.45, 7) is 12.7. The van der Waals surface area contributed by atoms with Crippen molar-refractivity contribution in [1.82, 2.24) is 19.7 Å². The Bertz CT molecular complexity index is 506. The molecule has 0 N–H and O–H groups in total. The van der Waals surface area contributed by atoms with E-state index in [1.807, 2.05) is 12.3 Å². The number of likely N-dealkylation sites (N-methyl/N-ethyl adjacent to an activating group) is 1. The molecule has 2 aliphatic rings. The quantitative estimate of drug-likeness (QED) is 0.771. The van der Waals surface area contributed by atoms with Crippen molar-refractivity contribution in [3.63, 3.8) is 0 Å². The van der Waals surface area contributed by atoms with Crippen LogP contribution in [0, 0.1) is 0 Å². The van der Waals surface area contributed by atoms with E-state index in [2.05, 4.69) is 26.6 Å². The topological polar surface area (TPSA) is 41.1 Å². The second-order valence-corrected chi connectivity index (χ2v) is 6.65. The van der Waals surface area contributed by atoms with E-state index in [4.69, 9.17) is 9.47 Å². The Morgan fingerprint density at radius 3 is 2.71 bits per heavy atom. The van der Waals surface area contributed by atoms with Crippen molar-refractivity contribution in [1.29, 1.82) is 0 Å². The minimum atomic E-state index is 0.365. The highest BCUT2D eigenvalue weighted by atomic mass is 16.5. The molecular formula is C18H30N4O2. The van der Waals surface area contributed by atoms with Crippen LogP contribution >= 0.6 is 0 Å². The van der Waals surface area contributed by atoms with E-state index in [0.717, 1.165) is 71.3 Å². The Balaban J connectivity index is 1.44. The Hall–Kier alpha value is -1.21. The molecule has 24 heavy (non-hydrogen) atoms. The summed E-state index contributed by atoms with van der Waals surface area (Å²) in [6, 6.07) is 1.94. The first-order chi connectivity index (χ1) is 11.8. The van der Waals surface area contributed by atoms with Gasteiger partial charge in [0.15, 0.2) is 0 Å². The molecule has 1 aromatic rings. The fourth-order valence-electron chi connectivity index (χ4n) is 3.57. The van der Waals surface area contributed by atoms with Gasteiger partial charge in [0.1, 0.15) is 5.75 Å². The highest BCUT2D eigenvalue weighted by Gasteiger charge is 2.24. The van der Waals surface area contributed by atoms with Gasteiger partial charge in [0.2, 0.25) is 0 Å². The van der Waals surface area contributed by atoms with Gasteiger partial charge in [-0.3, -0.25) is 19.7 Å². The van der Waals surface area contributed by atoms with E-state index >= 15 is 0 Å². The van der Waals surface area contributed by atoms with Crippen LogP contribution < -0.4 is 4.74 Å². The summed E-state index contributed by atoms with van der Waals surface area (Å²) in [5.74, 6) is 0.933. The van der Waals surface area contributed by atoms with Crippen molar-refractivity contribution in [2.24, 2.45) is 0 Å². The van der Waals surface area contributed by atoms with E-state index in [1.54, 1.807) is 13.3 Å². The third-order valence-electron chi connectivity index (χ3n) is 5.07. The molecule has 1 aromatic heterocycles. The molecule has 1 unspecified atom stereocenters. The van der Waals surface area contributed by atoms with Gasteiger partial charge >= 0.3 is 0 Å². The van der Waals surface area contributed by atoms with Crippen LogP contribution in [0.2, 0.25) is 0 Å². The monoisotopic (exact) mass is 334 g/mol. The van der Waals surface area contributed by atoms with Crippen LogP contribution in [0.15, 0.2) is 18.5 Å². The van der Waals surface area contributed by atoms with Crippen molar-refractivity contribution in [3.05, 3.63) is 24.0 Å².